The number of hydrogen-bond donors (Lipinski definition) is 0. The summed E-state index contributed by atoms with van der Waals surface area (Å²) in [6, 6.07) is 5.65. The fourth-order valence-electron chi connectivity index (χ4n) is 2.59. The number of ether oxygens (including phenoxy) is 2. The number of carbonyl (C=O) groups excluding carboxylic acids is 2. The molecule has 1 aromatic carbocycles. The first-order valence-electron chi connectivity index (χ1n) is 7.60. The predicted octanol–water partition coefficient (Wildman–Crippen LogP) is 1.37. The number of amides is 2. The van der Waals surface area contributed by atoms with E-state index in [9.17, 15) is 9.59 Å². The molecule has 2 amide bonds. The van der Waals surface area contributed by atoms with Crippen molar-refractivity contribution < 1.29 is 19.1 Å². The number of hydrogen-bond acceptors (Lipinski definition) is 5. The molecule has 3 rings (SSSR count). The third-order valence-corrected chi connectivity index (χ3v) is 3.93. The van der Waals surface area contributed by atoms with Crippen molar-refractivity contribution in [3.8, 4) is 11.5 Å². The van der Waals surface area contributed by atoms with Gasteiger partial charge in [0.05, 0.1) is 0 Å². The Kier molecular flexibility index (Phi) is 4.18. The zero-order chi connectivity index (χ0) is 16.4. The monoisotopic (exact) mass is 317 g/mol. The molecule has 23 heavy (non-hydrogen) atoms. The first-order valence-corrected chi connectivity index (χ1v) is 7.60. The van der Waals surface area contributed by atoms with Gasteiger partial charge in [-0.3, -0.25) is 9.59 Å². The lowest BCUT2D eigenvalue weighted by Crippen LogP contribution is -2.40. The zero-order valence-electron chi connectivity index (χ0n) is 13.2. The highest BCUT2D eigenvalue weighted by atomic mass is 16.7. The summed E-state index contributed by atoms with van der Waals surface area (Å²) in [6.45, 7) is 3.17. The summed E-state index contributed by atoms with van der Waals surface area (Å²) in [5.41, 5.74) is 1.39. The van der Waals surface area contributed by atoms with Gasteiger partial charge < -0.3 is 14.4 Å². The molecule has 0 N–H and O–H groups in total. The quantitative estimate of drug-likeness (QED) is 0.841. The predicted molar refractivity (Wildman–Crippen MR) is 83.1 cm³/mol. The molecule has 0 fully saturated rings. The number of rotatable bonds is 4. The van der Waals surface area contributed by atoms with Crippen molar-refractivity contribution in [3.63, 3.8) is 0 Å². The zero-order valence-corrected chi connectivity index (χ0v) is 13.2. The summed E-state index contributed by atoms with van der Waals surface area (Å²) < 4.78 is 10.7. The number of benzene rings is 1. The Morgan fingerprint density at radius 2 is 2.09 bits per heavy atom. The summed E-state index contributed by atoms with van der Waals surface area (Å²) in [7, 11) is 1.57. The van der Waals surface area contributed by atoms with E-state index in [0.717, 1.165) is 11.3 Å². The lowest BCUT2D eigenvalue weighted by Gasteiger charge is -2.25. The van der Waals surface area contributed by atoms with Crippen LogP contribution in [0, 0.1) is 0 Å². The number of fused-ring (bicyclic) bond motifs is 1. The average Bonchev–Trinajstić information content (AvgIpc) is 3.02. The second-order valence-corrected chi connectivity index (χ2v) is 5.47. The van der Waals surface area contributed by atoms with Crippen LogP contribution in [0.1, 0.15) is 25.3 Å². The Morgan fingerprint density at radius 1 is 1.30 bits per heavy atom. The molecular weight excluding hydrogens is 298 g/mol. The molecule has 7 nitrogen and oxygen atoms in total. The summed E-state index contributed by atoms with van der Waals surface area (Å²) in [5.74, 6) is 1.22. The Bertz CT molecular complexity index is 671. The third kappa shape index (κ3) is 3.13. The average molecular weight is 317 g/mol. The van der Waals surface area contributed by atoms with Crippen LogP contribution in [0.15, 0.2) is 23.3 Å². The van der Waals surface area contributed by atoms with Gasteiger partial charge in [0.2, 0.25) is 12.7 Å². The lowest BCUT2D eigenvalue weighted by atomic mass is 10.1. The molecule has 1 aromatic rings. The van der Waals surface area contributed by atoms with E-state index in [-0.39, 0.29) is 18.6 Å². The molecule has 0 saturated carbocycles. The molecule has 0 unspecified atom stereocenters. The Balaban J connectivity index is 1.73. The number of carbonyl (C=O) groups is 2. The summed E-state index contributed by atoms with van der Waals surface area (Å²) in [4.78, 5) is 25.8. The van der Waals surface area contributed by atoms with Gasteiger partial charge in [0, 0.05) is 33.0 Å². The Hall–Kier alpha value is -2.57. The van der Waals surface area contributed by atoms with Gasteiger partial charge >= 0.3 is 0 Å². The van der Waals surface area contributed by atoms with Crippen molar-refractivity contribution in [1.82, 2.24) is 9.91 Å². The van der Waals surface area contributed by atoms with Crippen molar-refractivity contribution in [3.05, 3.63) is 23.8 Å². The second-order valence-electron chi connectivity index (χ2n) is 5.47. The van der Waals surface area contributed by atoms with E-state index in [2.05, 4.69) is 5.10 Å². The topological polar surface area (TPSA) is 71.4 Å². The van der Waals surface area contributed by atoms with Gasteiger partial charge in [0.15, 0.2) is 11.5 Å². The maximum Gasteiger partial charge on any atom is 0.270 e. The van der Waals surface area contributed by atoms with Gasteiger partial charge in [-0.25, -0.2) is 5.01 Å². The fourth-order valence-corrected chi connectivity index (χ4v) is 2.59. The van der Waals surface area contributed by atoms with Crippen LogP contribution in [0.25, 0.3) is 0 Å². The number of hydrazone groups is 1. The van der Waals surface area contributed by atoms with Gasteiger partial charge in [0.1, 0.15) is 5.71 Å². The minimum Gasteiger partial charge on any atom is -0.454 e. The molecular formula is C16H19N3O4. The standard InChI is InChI=1S/C16H19N3O4/c1-3-19(16(21)12-5-7-15(20)18(2)17-12)9-11-4-6-13-14(8-11)23-10-22-13/h4,6,8H,3,5,7,9-10H2,1-2H3. The van der Waals surface area contributed by atoms with E-state index in [4.69, 9.17) is 9.47 Å². The van der Waals surface area contributed by atoms with Gasteiger partial charge in [-0.1, -0.05) is 6.07 Å². The number of nitrogens with zero attached hydrogens (tertiary/aromatic N) is 3. The smallest absolute Gasteiger partial charge is 0.270 e. The van der Waals surface area contributed by atoms with Crippen LogP contribution in [0.3, 0.4) is 0 Å². The first-order chi connectivity index (χ1) is 11.1. The normalized spacial score (nSPS) is 16.3. The molecule has 0 spiro atoms. The largest absolute Gasteiger partial charge is 0.454 e. The van der Waals surface area contributed by atoms with Crippen LogP contribution >= 0.6 is 0 Å². The van der Waals surface area contributed by atoms with Crippen LogP contribution in [0.5, 0.6) is 11.5 Å². The minimum atomic E-state index is -0.135. The SMILES string of the molecule is CCN(Cc1ccc2c(c1)OCO2)C(=O)C1=NN(C)C(=O)CC1. The van der Waals surface area contributed by atoms with Gasteiger partial charge in [0.25, 0.3) is 5.91 Å². The molecule has 0 aliphatic carbocycles. The van der Waals surface area contributed by atoms with E-state index in [1.165, 1.54) is 5.01 Å². The van der Waals surface area contributed by atoms with E-state index in [1.807, 2.05) is 25.1 Å². The molecule has 0 radical (unpaired) electrons. The minimum absolute atomic E-state index is 0.0691. The van der Waals surface area contributed by atoms with Crippen molar-refractivity contribution in [2.45, 2.75) is 26.3 Å². The molecule has 0 bridgehead atoms. The summed E-state index contributed by atoms with van der Waals surface area (Å²) >= 11 is 0. The highest BCUT2D eigenvalue weighted by molar-refractivity contribution is 6.39. The van der Waals surface area contributed by atoms with Crippen LogP contribution in [-0.2, 0) is 16.1 Å². The molecule has 0 saturated heterocycles. The lowest BCUT2D eigenvalue weighted by molar-refractivity contribution is -0.130. The van der Waals surface area contributed by atoms with Crippen LogP contribution in [0.4, 0.5) is 0 Å². The molecule has 2 aliphatic rings. The second kappa shape index (κ2) is 6.28. The maximum atomic E-state index is 12.6. The Morgan fingerprint density at radius 3 is 2.83 bits per heavy atom. The van der Waals surface area contributed by atoms with Crippen LogP contribution in [-0.4, -0.2) is 47.8 Å². The van der Waals surface area contributed by atoms with Crippen molar-refractivity contribution in [1.29, 1.82) is 0 Å². The highest BCUT2D eigenvalue weighted by Crippen LogP contribution is 2.32. The van der Waals surface area contributed by atoms with Gasteiger partial charge in [-0.2, -0.15) is 5.10 Å². The van der Waals surface area contributed by atoms with Crippen molar-refractivity contribution in [2.75, 3.05) is 20.4 Å². The van der Waals surface area contributed by atoms with Gasteiger partial charge in [-0.05, 0) is 24.6 Å². The summed E-state index contributed by atoms with van der Waals surface area (Å²) in [5, 5.41) is 5.34. The highest BCUT2D eigenvalue weighted by Gasteiger charge is 2.25. The molecule has 2 heterocycles. The molecule has 7 heteroatoms. The van der Waals surface area contributed by atoms with E-state index in [0.29, 0.717) is 37.4 Å². The third-order valence-electron chi connectivity index (χ3n) is 3.93. The van der Waals surface area contributed by atoms with Gasteiger partial charge in [-0.15, -0.1) is 0 Å². The van der Waals surface area contributed by atoms with E-state index < -0.39 is 0 Å². The Labute approximate surface area is 134 Å². The van der Waals surface area contributed by atoms with Crippen molar-refractivity contribution in [2.24, 2.45) is 5.10 Å². The molecule has 0 atom stereocenters. The van der Waals surface area contributed by atoms with Crippen LogP contribution < -0.4 is 9.47 Å². The van der Waals surface area contributed by atoms with E-state index >= 15 is 0 Å². The molecule has 0 aromatic heterocycles. The summed E-state index contributed by atoms with van der Waals surface area (Å²) in [6.07, 6.45) is 0.711. The molecule has 2 aliphatic heterocycles. The van der Waals surface area contributed by atoms with Crippen LogP contribution in [0.2, 0.25) is 0 Å². The van der Waals surface area contributed by atoms with E-state index in [1.54, 1.807) is 11.9 Å². The fraction of sp³-hybridized carbons (Fsp3) is 0.438. The maximum absolute atomic E-state index is 12.6. The molecule has 122 valence electrons. The van der Waals surface area contributed by atoms with Crippen molar-refractivity contribution >= 4 is 17.5 Å². The first kappa shape index (κ1) is 15.3.